The summed E-state index contributed by atoms with van der Waals surface area (Å²) < 4.78 is 17.9. The van der Waals surface area contributed by atoms with E-state index < -0.39 is 0 Å². The maximum absolute atomic E-state index is 6.72. The van der Waals surface area contributed by atoms with Crippen molar-refractivity contribution in [3.05, 3.63) is 176 Å². The van der Waals surface area contributed by atoms with Gasteiger partial charge in [-0.25, -0.2) is 4.98 Å². The van der Waals surface area contributed by atoms with Gasteiger partial charge in [-0.05, 0) is 52.8 Å². The van der Waals surface area contributed by atoms with E-state index in [0.717, 1.165) is 72.0 Å². The zero-order chi connectivity index (χ0) is 41.1. The van der Waals surface area contributed by atoms with Crippen LogP contribution in [0.15, 0.2) is 152 Å². The fraction of sp³-hybridized carbons (Fsp3) is 0.111. The van der Waals surface area contributed by atoms with E-state index in [0.29, 0.717) is 11.5 Å². The zero-order valence-electron chi connectivity index (χ0n) is 34.8. The van der Waals surface area contributed by atoms with Gasteiger partial charge < -0.3 is 27.6 Å². The average Bonchev–Trinajstić information content (AvgIpc) is 4.00. The van der Waals surface area contributed by atoms with Gasteiger partial charge in [-0.3, -0.25) is 0 Å². The Hall–Kier alpha value is -6.95. The minimum absolute atomic E-state index is 0. The molecule has 0 N–H and O–H groups in total. The van der Waals surface area contributed by atoms with Crippen LogP contribution in [0.4, 0.5) is 0 Å². The Labute approximate surface area is 372 Å². The first-order chi connectivity index (χ1) is 29.7. The number of benzene rings is 7. The number of aryl methyl sites for hydroxylation is 2. The molecule has 5 heterocycles. The van der Waals surface area contributed by atoms with Crippen molar-refractivity contribution in [2.24, 2.45) is 14.1 Å². The number of imidazole rings is 1. The Bertz CT molecular complexity index is 3750. The van der Waals surface area contributed by atoms with Crippen LogP contribution in [0.25, 0.3) is 93.6 Å². The van der Waals surface area contributed by atoms with Gasteiger partial charge in [0, 0.05) is 84.1 Å². The SMILES string of the molecule is Cn1[c-][n+](-c2[c-]c(Oc3[c-]c4c(cc3)c3c5c(c6ccccc6n5C)c5c(c6ccccc6n5-c5ccccc5)c3n4-c3cc(C(C)(C)C)ccn3)ccc2)c2ccccc21.[Pt]. The van der Waals surface area contributed by atoms with Crippen molar-refractivity contribution in [3.63, 3.8) is 0 Å². The van der Waals surface area contributed by atoms with Crippen LogP contribution in [0.5, 0.6) is 11.5 Å². The fourth-order valence-electron chi connectivity index (χ4n) is 9.58. The molecule has 304 valence electrons. The summed E-state index contributed by atoms with van der Waals surface area (Å²) in [6.45, 7) is 6.75. The topological polar surface area (TPSA) is 45.7 Å². The van der Waals surface area contributed by atoms with Gasteiger partial charge in [0.1, 0.15) is 5.82 Å². The zero-order valence-corrected chi connectivity index (χ0v) is 37.1. The van der Waals surface area contributed by atoms with E-state index in [-0.39, 0.29) is 26.5 Å². The first-order valence-corrected chi connectivity index (χ1v) is 20.7. The molecule has 0 saturated heterocycles. The fourth-order valence-corrected chi connectivity index (χ4v) is 9.58. The first kappa shape index (κ1) is 38.0. The number of aromatic nitrogens is 6. The van der Waals surface area contributed by atoms with Crippen molar-refractivity contribution in [3.8, 4) is 28.7 Å². The van der Waals surface area contributed by atoms with Crippen molar-refractivity contribution < 1.29 is 30.4 Å². The summed E-state index contributed by atoms with van der Waals surface area (Å²) in [4.78, 5) is 5.15. The molecule has 0 unspecified atom stereocenters. The molecule has 5 aromatic heterocycles. The molecule has 8 heteroatoms. The van der Waals surface area contributed by atoms with Crippen molar-refractivity contribution in [1.82, 2.24) is 23.3 Å². The van der Waals surface area contributed by atoms with Crippen molar-refractivity contribution in [1.29, 1.82) is 0 Å². The van der Waals surface area contributed by atoms with E-state index in [1.165, 1.54) is 27.2 Å². The van der Waals surface area contributed by atoms with Crippen molar-refractivity contribution in [2.75, 3.05) is 0 Å². The molecule has 0 aliphatic carbocycles. The molecule has 0 spiro atoms. The van der Waals surface area contributed by atoms with E-state index >= 15 is 0 Å². The number of para-hydroxylation sites is 5. The van der Waals surface area contributed by atoms with Crippen LogP contribution in [0.3, 0.4) is 0 Å². The van der Waals surface area contributed by atoms with E-state index in [1.54, 1.807) is 0 Å². The molecule has 0 fully saturated rings. The third-order valence-electron chi connectivity index (χ3n) is 12.3. The third-order valence-corrected chi connectivity index (χ3v) is 12.3. The minimum atomic E-state index is -0.101. The predicted octanol–water partition coefficient (Wildman–Crippen LogP) is 12.2. The number of nitrogens with zero attached hydrogens (tertiary/aromatic N) is 6. The van der Waals surface area contributed by atoms with Gasteiger partial charge in [0.05, 0.1) is 34.6 Å². The second kappa shape index (κ2) is 14.0. The molecule has 0 aliphatic heterocycles. The van der Waals surface area contributed by atoms with Gasteiger partial charge >= 0.3 is 0 Å². The van der Waals surface area contributed by atoms with Gasteiger partial charge in [-0.2, -0.15) is 18.2 Å². The molecule has 0 saturated carbocycles. The molecule has 0 aliphatic rings. The summed E-state index contributed by atoms with van der Waals surface area (Å²) in [7, 11) is 4.20. The van der Waals surface area contributed by atoms with Crippen LogP contribution in [0, 0.1) is 18.5 Å². The third kappa shape index (κ3) is 5.54. The van der Waals surface area contributed by atoms with Crippen LogP contribution < -0.4 is 9.30 Å². The molecule has 0 bridgehead atoms. The normalized spacial score (nSPS) is 12.1. The first-order valence-electron chi connectivity index (χ1n) is 20.7. The molecular formula is C54H40N6OPt-2. The van der Waals surface area contributed by atoms with Gasteiger partial charge in [-0.1, -0.05) is 116 Å². The second-order valence-electron chi connectivity index (χ2n) is 17.0. The number of hydrogen-bond acceptors (Lipinski definition) is 2. The number of ether oxygens (including phenoxy) is 1. The summed E-state index contributed by atoms with van der Waals surface area (Å²) in [6.07, 6.45) is 5.37. The predicted molar refractivity (Wildman–Crippen MR) is 247 cm³/mol. The second-order valence-corrected chi connectivity index (χ2v) is 17.0. The standard InChI is InChI=1S/C54H40N6O.Pt/c1-54(2,3)34-28-29-55-47(30-34)60-46-32-38(61-37-19-15-18-36(31-37)58-33-56(4)44-24-13-14-25-45(44)58)26-27-41(46)49-51-48(39-20-9-11-22-42(39)57(51)5)52-50(53(49)60)40-21-10-12-23-43(40)59(52)35-16-7-6-8-17-35;/h6-30H,1-5H3;/q-2;. The van der Waals surface area contributed by atoms with Crippen LogP contribution >= 0.6 is 0 Å². The maximum Gasteiger partial charge on any atom is 0.242 e. The molecule has 62 heavy (non-hydrogen) atoms. The van der Waals surface area contributed by atoms with Gasteiger partial charge in [-0.15, -0.1) is 24.3 Å². The summed E-state index contributed by atoms with van der Waals surface area (Å²) in [5.74, 6) is 2.00. The minimum Gasteiger partial charge on any atom is -0.510 e. The van der Waals surface area contributed by atoms with Gasteiger partial charge in [0.25, 0.3) is 0 Å². The number of hydrogen-bond donors (Lipinski definition) is 0. The van der Waals surface area contributed by atoms with Gasteiger partial charge in [0.2, 0.25) is 6.33 Å². The molecule has 12 aromatic rings. The Balaban J connectivity index is 0.00000432. The molecule has 7 aromatic carbocycles. The largest absolute Gasteiger partial charge is 0.510 e. The molecule has 0 radical (unpaired) electrons. The van der Waals surface area contributed by atoms with Crippen molar-refractivity contribution >= 4 is 76.5 Å². The number of fused-ring (bicyclic) bond motifs is 13. The molecule has 12 rings (SSSR count). The van der Waals surface area contributed by atoms with Crippen LogP contribution in [0.1, 0.15) is 26.3 Å². The van der Waals surface area contributed by atoms with E-state index in [2.05, 4.69) is 169 Å². The van der Waals surface area contributed by atoms with E-state index in [1.807, 2.05) is 58.8 Å². The molecule has 0 amide bonds. The summed E-state index contributed by atoms with van der Waals surface area (Å²) in [5.41, 5.74) is 11.8. The number of rotatable bonds is 5. The Kier molecular flexibility index (Phi) is 8.61. The molecule has 7 nitrogen and oxygen atoms in total. The van der Waals surface area contributed by atoms with Crippen LogP contribution in [0.2, 0.25) is 0 Å². The van der Waals surface area contributed by atoms with Crippen molar-refractivity contribution in [2.45, 2.75) is 26.2 Å². The number of pyridine rings is 1. The van der Waals surface area contributed by atoms with Crippen LogP contribution in [-0.2, 0) is 40.6 Å². The summed E-state index contributed by atoms with van der Waals surface area (Å²) in [5, 5.41) is 6.97. The summed E-state index contributed by atoms with van der Waals surface area (Å²) in [6, 6.07) is 58.5. The van der Waals surface area contributed by atoms with E-state index in [4.69, 9.17) is 9.72 Å². The smallest absolute Gasteiger partial charge is 0.242 e. The Morgan fingerprint density at radius 3 is 2.02 bits per heavy atom. The van der Waals surface area contributed by atoms with Crippen LogP contribution in [-0.4, -0.2) is 23.3 Å². The molecular weight excluding hydrogens is 944 g/mol. The quantitative estimate of drug-likeness (QED) is 0.127. The monoisotopic (exact) mass is 983 g/mol. The van der Waals surface area contributed by atoms with Gasteiger partial charge in [0.15, 0.2) is 0 Å². The molecule has 0 atom stereocenters. The van der Waals surface area contributed by atoms with E-state index in [9.17, 15) is 0 Å². The summed E-state index contributed by atoms with van der Waals surface area (Å²) >= 11 is 0. The Morgan fingerprint density at radius 2 is 1.23 bits per heavy atom. The average molecular weight is 984 g/mol. The maximum atomic E-state index is 6.72. The Morgan fingerprint density at radius 1 is 0.581 bits per heavy atom.